The van der Waals surface area contributed by atoms with Crippen molar-refractivity contribution in [3.05, 3.63) is 24.3 Å². The van der Waals surface area contributed by atoms with Gasteiger partial charge in [-0.05, 0) is 38.4 Å². The number of rotatable bonds is 4. The Kier molecular flexibility index (Phi) is 6.79. The number of hydrogen-bond donors (Lipinski definition) is 1. The van der Waals surface area contributed by atoms with Crippen molar-refractivity contribution in [3.63, 3.8) is 0 Å². The summed E-state index contributed by atoms with van der Waals surface area (Å²) in [5, 5.41) is 3.60. The van der Waals surface area contributed by atoms with Crippen LogP contribution in [-0.4, -0.2) is 107 Å². The third-order valence-corrected chi connectivity index (χ3v) is 5.70. The van der Waals surface area contributed by atoms with Crippen molar-refractivity contribution >= 4 is 11.6 Å². The van der Waals surface area contributed by atoms with Crippen molar-refractivity contribution in [1.82, 2.24) is 20.0 Å². The summed E-state index contributed by atoms with van der Waals surface area (Å²) in [4.78, 5) is 14.2. The maximum absolute atomic E-state index is 5.25. The molecule has 7 nitrogen and oxygen atoms in total. The molecule has 0 aromatic heterocycles. The smallest absolute Gasteiger partial charge is 0.193 e. The van der Waals surface area contributed by atoms with E-state index in [0.717, 1.165) is 64.1 Å². The van der Waals surface area contributed by atoms with Gasteiger partial charge in [-0.15, -0.1) is 0 Å². The molecule has 1 aromatic carbocycles. The third kappa shape index (κ3) is 5.05. The molecule has 150 valence electrons. The summed E-state index contributed by atoms with van der Waals surface area (Å²) in [6, 6.07) is 8.86. The van der Waals surface area contributed by atoms with Crippen LogP contribution in [-0.2, 0) is 0 Å². The zero-order chi connectivity index (χ0) is 19.2. The molecule has 2 heterocycles. The molecular formula is C20H34N6O. The molecule has 1 N–H and O–H groups in total. The predicted octanol–water partition coefficient (Wildman–Crippen LogP) is 0.638. The summed E-state index contributed by atoms with van der Waals surface area (Å²) < 4.78 is 5.25. The van der Waals surface area contributed by atoms with E-state index < -0.39 is 0 Å². The number of nitrogens with one attached hydrogen (secondary N) is 1. The van der Waals surface area contributed by atoms with Gasteiger partial charge < -0.3 is 24.8 Å². The Morgan fingerprint density at radius 1 is 1.07 bits per heavy atom. The largest absolute Gasteiger partial charge is 0.497 e. The van der Waals surface area contributed by atoms with E-state index in [0.29, 0.717) is 6.04 Å². The van der Waals surface area contributed by atoms with Gasteiger partial charge in [-0.25, -0.2) is 0 Å². The van der Waals surface area contributed by atoms with Crippen LogP contribution < -0.4 is 15.0 Å². The first-order valence-corrected chi connectivity index (χ1v) is 9.84. The van der Waals surface area contributed by atoms with E-state index >= 15 is 0 Å². The van der Waals surface area contributed by atoms with Gasteiger partial charge in [0.1, 0.15) is 5.75 Å². The molecular weight excluding hydrogens is 340 g/mol. The second-order valence-corrected chi connectivity index (χ2v) is 7.50. The van der Waals surface area contributed by atoms with E-state index in [1.807, 2.05) is 19.2 Å². The Labute approximate surface area is 163 Å². The van der Waals surface area contributed by atoms with Crippen molar-refractivity contribution in [3.8, 4) is 5.75 Å². The minimum Gasteiger partial charge on any atom is -0.497 e. The Bertz CT molecular complexity index is 611. The average molecular weight is 375 g/mol. The highest BCUT2D eigenvalue weighted by Crippen LogP contribution is 2.20. The summed E-state index contributed by atoms with van der Waals surface area (Å²) in [6.07, 6.45) is 0. The normalized spacial score (nSPS) is 22.8. The number of aliphatic imine (C=N–C) groups is 1. The zero-order valence-corrected chi connectivity index (χ0v) is 17.2. The lowest BCUT2D eigenvalue weighted by molar-refractivity contribution is 0.116. The van der Waals surface area contributed by atoms with Crippen LogP contribution in [0.15, 0.2) is 29.3 Å². The first-order chi connectivity index (χ1) is 13.1. The van der Waals surface area contributed by atoms with E-state index in [9.17, 15) is 0 Å². The Morgan fingerprint density at radius 2 is 1.78 bits per heavy atom. The fraction of sp³-hybridized carbons (Fsp3) is 0.650. The summed E-state index contributed by atoms with van der Waals surface area (Å²) in [7, 11) is 8.01. The molecule has 0 radical (unpaired) electrons. The SMILES string of the molecule is CN=C(NCC1CN(C)CCN1C)N1CCN(c2ccc(OC)cc2)CC1. The Hall–Kier alpha value is -1.99. The fourth-order valence-electron chi connectivity index (χ4n) is 3.83. The van der Waals surface area contributed by atoms with Gasteiger partial charge in [0.15, 0.2) is 5.96 Å². The predicted molar refractivity (Wildman–Crippen MR) is 112 cm³/mol. The van der Waals surface area contributed by atoms with E-state index in [1.54, 1.807) is 7.11 Å². The van der Waals surface area contributed by atoms with E-state index in [4.69, 9.17) is 4.74 Å². The Morgan fingerprint density at radius 3 is 2.41 bits per heavy atom. The van der Waals surface area contributed by atoms with Crippen LogP contribution >= 0.6 is 0 Å². The van der Waals surface area contributed by atoms with Crippen LogP contribution in [0.4, 0.5) is 5.69 Å². The second kappa shape index (κ2) is 9.28. The van der Waals surface area contributed by atoms with Gasteiger partial charge in [-0.1, -0.05) is 0 Å². The first kappa shape index (κ1) is 19.8. The number of guanidine groups is 1. The third-order valence-electron chi connectivity index (χ3n) is 5.70. The molecule has 7 heteroatoms. The average Bonchev–Trinajstić information content (AvgIpc) is 2.71. The number of hydrogen-bond acceptors (Lipinski definition) is 5. The highest BCUT2D eigenvalue weighted by molar-refractivity contribution is 5.80. The van der Waals surface area contributed by atoms with Crippen molar-refractivity contribution in [2.75, 3.05) is 85.5 Å². The van der Waals surface area contributed by atoms with Gasteiger partial charge in [0.2, 0.25) is 0 Å². The molecule has 27 heavy (non-hydrogen) atoms. The van der Waals surface area contributed by atoms with Crippen LogP contribution in [0.5, 0.6) is 5.75 Å². The molecule has 0 aliphatic carbocycles. The second-order valence-electron chi connectivity index (χ2n) is 7.50. The van der Waals surface area contributed by atoms with Crippen molar-refractivity contribution in [2.24, 2.45) is 4.99 Å². The number of anilines is 1. The minimum absolute atomic E-state index is 0.529. The first-order valence-electron chi connectivity index (χ1n) is 9.84. The van der Waals surface area contributed by atoms with Crippen LogP contribution in [0.2, 0.25) is 0 Å². The number of ether oxygens (including phenoxy) is 1. The molecule has 2 aliphatic rings. The molecule has 2 saturated heterocycles. The summed E-state index contributed by atoms with van der Waals surface area (Å²) in [5.41, 5.74) is 1.25. The minimum atomic E-state index is 0.529. The number of piperazine rings is 2. The van der Waals surface area contributed by atoms with Crippen molar-refractivity contribution < 1.29 is 4.74 Å². The number of likely N-dealkylation sites (N-methyl/N-ethyl adjacent to an activating group) is 2. The van der Waals surface area contributed by atoms with Gasteiger partial charge in [0, 0.05) is 71.1 Å². The molecule has 0 spiro atoms. The topological polar surface area (TPSA) is 46.6 Å². The highest BCUT2D eigenvalue weighted by Gasteiger charge is 2.24. The van der Waals surface area contributed by atoms with Crippen LogP contribution in [0.1, 0.15) is 0 Å². The standard InChI is InChI=1S/C20H34N6O/c1-21-20(22-15-18-16-23(2)9-10-24(18)3)26-13-11-25(12-14-26)17-5-7-19(27-4)8-6-17/h5-8,18H,9-16H2,1-4H3,(H,21,22). The molecule has 1 atom stereocenters. The van der Waals surface area contributed by atoms with E-state index in [-0.39, 0.29) is 0 Å². The zero-order valence-electron chi connectivity index (χ0n) is 17.2. The molecule has 1 unspecified atom stereocenters. The molecule has 2 fully saturated rings. The lowest BCUT2D eigenvalue weighted by Gasteiger charge is -2.40. The molecule has 0 bridgehead atoms. The highest BCUT2D eigenvalue weighted by atomic mass is 16.5. The number of methoxy groups -OCH3 is 1. The molecule has 0 saturated carbocycles. The van der Waals surface area contributed by atoms with Gasteiger partial charge in [0.25, 0.3) is 0 Å². The quantitative estimate of drug-likeness (QED) is 0.617. The maximum Gasteiger partial charge on any atom is 0.193 e. The Balaban J connectivity index is 1.49. The van der Waals surface area contributed by atoms with E-state index in [1.165, 1.54) is 5.69 Å². The fourth-order valence-corrected chi connectivity index (χ4v) is 3.83. The van der Waals surface area contributed by atoms with Crippen molar-refractivity contribution in [2.45, 2.75) is 6.04 Å². The van der Waals surface area contributed by atoms with Crippen molar-refractivity contribution in [1.29, 1.82) is 0 Å². The maximum atomic E-state index is 5.25. The summed E-state index contributed by atoms with van der Waals surface area (Å²) in [5.74, 6) is 1.92. The van der Waals surface area contributed by atoms with Gasteiger partial charge in [0.05, 0.1) is 7.11 Å². The molecule has 0 amide bonds. The van der Waals surface area contributed by atoms with Gasteiger partial charge >= 0.3 is 0 Å². The van der Waals surface area contributed by atoms with Crippen LogP contribution in [0, 0.1) is 0 Å². The van der Waals surface area contributed by atoms with E-state index in [2.05, 4.69) is 56.1 Å². The molecule has 2 aliphatic heterocycles. The summed E-state index contributed by atoms with van der Waals surface area (Å²) in [6.45, 7) is 8.27. The number of benzene rings is 1. The molecule has 3 rings (SSSR count). The van der Waals surface area contributed by atoms with Gasteiger partial charge in [-0.3, -0.25) is 9.89 Å². The van der Waals surface area contributed by atoms with Crippen LogP contribution in [0.3, 0.4) is 0 Å². The lowest BCUT2D eigenvalue weighted by Crippen LogP contribution is -2.57. The lowest BCUT2D eigenvalue weighted by atomic mass is 10.2. The monoisotopic (exact) mass is 374 g/mol. The van der Waals surface area contributed by atoms with Gasteiger partial charge in [-0.2, -0.15) is 0 Å². The molecule has 1 aromatic rings. The van der Waals surface area contributed by atoms with Crippen LogP contribution in [0.25, 0.3) is 0 Å². The summed E-state index contributed by atoms with van der Waals surface area (Å²) >= 11 is 0. The number of nitrogens with zero attached hydrogens (tertiary/aromatic N) is 5.